The Morgan fingerprint density at radius 3 is 1.92 bits per heavy atom. The molecular weight excluding hydrogens is 160 g/mol. The van der Waals surface area contributed by atoms with E-state index in [1.807, 2.05) is 0 Å². The molecule has 0 aromatic heterocycles. The predicted octanol–water partition coefficient (Wildman–Crippen LogP) is -1.16. The molecule has 0 spiro atoms. The Balaban J connectivity index is 2.56. The van der Waals surface area contributed by atoms with Crippen molar-refractivity contribution in [2.24, 2.45) is 17.3 Å². The molecule has 72 valence electrons. The fourth-order valence-corrected chi connectivity index (χ4v) is 2.05. The van der Waals surface area contributed by atoms with Gasteiger partial charge in [-0.25, -0.2) is 0 Å². The van der Waals surface area contributed by atoms with E-state index >= 15 is 0 Å². The number of ether oxygens (including phenoxy) is 1. The van der Waals surface area contributed by atoms with Gasteiger partial charge in [0.1, 0.15) is 0 Å². The van der Waals surface area contributed by atoms with Crippen LogP contribution in [0.3, 0.4) is 0 Å². The Kier molecular flexibility index (Phi) is 3.06. The summed E-state index contributed by atoms with van der Waals surface area (Å²) in [6.45, 7) is 0.390. The van der Waals surface area contributed by atoms with Crippen LogP contribution in [-0.4, -0.2) is 48.9 Å². The second kappa shape index (κ2) is 3.70. The molecule has 0 aliphatic heterocycles. The first-order valence-corrected chi connectivity index (χ1v) is 4.08. The molecular formula is C8H16O4. The molecule has 4 heteroatoms. The summed E-state index contributed by atoms with van der Waals surface area (Å²) < 4.78 is 4.94. The van der Waals surface area contributed by atoms with E-state index in [0.717, 1.165) is 0 Å². The maximum atomic E-state index is 9.09. The standard InChI is InChI=1S/C8H16O4/c1-12-5-8(4-11)6(2-9)7(8)3-10/h6-7,9-11H,2-5H2,1H3/t6-,7+,8?. The van der Waals surface area contributed by atoms with Gasteiger partial charge in [0.15, 0.2) is 0 Å². The molecule has 1 aliphatic carbocycles. The van der Waals surface area contributed by atoms with Crippen molar-refractivity contribution < 1.29 is 20.1 Å². The third kappa shape index (κ3) is 1.25. The van der Waals surface area contributed by atoms with Crippen LogP contribution in [0, 0.1) is 17.3 Å². The van der Waals surface area contributed by atoms with Crippen LogP contribution in [0.25, 0.3) is 0 Å². The van der Waals surface area contributed by atoms with Crippen molar-refractivity contribution in [1.82, 2.24) is 0 Å². The molecule has 1 unspecified atom stereocenters. The third-order valence-corrected chi connectivity index (χ3v) is 2.95. The van der Waals surface area contributed by atoms with Crippen LogP contribution in [0.5, 0.6) is 0 Å². The Morgan fingerprint density at radius 2 is 1.67 bits per heavy atom. The first-order valence-electron chi connectivity index (χ1n) is 4.08. The van der Waals surface area contributed by atoms with Crippen LogP contribution in [0.4, 0.5) is 0 Å². The zero-order valence-corrected chi connectivity index (χ0v) is 7.23. The number of methoxy groups -OCH3 is 1. The summed E-state index contributed by atoms with van der Waals surface area (Å²) in [6.07, 6.45) is 0. The fraction of sp³-hybridized carbons (Fsp3) is 1.00. The number of aliphatic hydroxyl groups is 3. The zero-order valence-electron chi connectivity index (χ0n) is 7.23. The van der Waals surface area contributed by atoms with E-state index in [4.69, 9.17) is 20.1 Å². The van der Waals surface area contributed by atoms with Crippen molar-refractivity contribution in [3.8, 4) is 0 Å². The van der Waals surface area contributed by atoms with E-state index in [2.05, 4.69) is 0 Å². The van der Waals surface area contributed by atoms with Crippen molar-refractivity contribution in [3.63, 3.8) is 0 Å². The minimum atomic E-state index is -0.391. The molecule has 1 saturated carbocycles. The zero-order chi connectivity index (χ0) is 9.19. The van der Waals surface area contributed by atoms with E-state index in [0.29, 0.717) is 6.61 Å². The number of hydrogen-bond acceptors (Lipinski definition) is 4. The number of hydrogen-bond donors (Lipinski definition) is 3. The largest absolute Gasteiger partial charge is 0.396 e. The molecule has 0 bridgehead atoms. The van der Waals surface area contributed by atoms with Crippen LogP contribution in [0.15, 0.2) is 0 Å². The van der Waals surface area contributed by atoms with Crippen LogP contribution in [0.1, 0.15) is 0 Å². The summed E-state index contributed by atoms with van der Waals surface area (Å²) in [6, 6.07) is 0. The molecule has 1 aliphatic rings. The minimum absolute atomic E-state index is 0.00699. The van der Waals surface area contributed by atoms with E-state index in [-0.39, 0.29) is 31.7 Å². The molecule has 0 heterocycles. The van der Waals surface area contributed by atoms with Crippen molar-refractivity contribution in [2.45, 2.75) is 0 Å². The van der Waals surface area contributed by atoms with Gasteiger partial charge in [-0.05, 0) is 11.8 Å². The molecule has 12 heavy (non-hydrogen) atoms. The average molecular weight is 176 g/mol. The van der Waals surface area contributed by atoms with Gasteiger partial charge < -0.3 is 20.1 Å². The van der Waals surface area contributed by atoms with Gasteiger partial charge in [-0.2, -0.15) is 0 Å². The van der Waals surface area contributed by atoms with Crippen LogP contribution < -0.4 is 0 Å². The van der Waals surface area contributed by atoms with Crippen LogP contribution in [-0.2, 0) is 4.74 Å². The molecule has 0 aromatic rings. The Bertz CT molecular complexity index is 138. The molecule has 1 fully saturated rings. The van der Waals surface area contributed by atoms with Crippen LogP contribution >= 0.6 is 0 Å². The second-order valence-corrected chi connectivity index (χ2v) is 3.40. The lowest BCUT2D eigenvalue weighted by Crippen LogP contribution is -2.20. The predicted molar refractivity (Wildman–Crippen MR) is 42.5 cm³/mol. The minimum Gasteiger partial charge on any atom is -0.396 e. The van der Waals surface area contributed by atoms with Crippen LogP contribution in [0.2, 0.25) is 0 Å². The lowest BCUT2D eigenvalue weighted by atomic mass is 10.1. The quantitative estimate of drug-likeness (QED) is 0.494. The van der Waals surface area contributed by atoms with Gasteiger partial charge in [0.25, 0.3) is 0 Å². The van der Waals surface area contributed by atoms with Crippen molar-refractivity contribution in [2.75, 3.05) is 33.5 Å². The van der Waals surface area contributed by atoms with Gasteiger partial charge >= 0.3 is 0 Å². The van der Waals surface area contributed by atoms with Gasteiger partial charge in [0, 0.05) is 25.7 Å². The molecule has 0 saturated heterocycles. The van der Waals surface area contributed by atoms with Crippen molar-refractivity contribution >= 4 is 0 Å². The SMILES string of the molecule is COCC1(CO)[C@H](CO)[C@@H]1CO. The van der Waals surface area contributed by atoms with Gasteiger partial charge in [-0.3, -0.25) is 0 Å². The lowest BCUT2D eigenvalue weighted by molar-refractivity contribution is 0.0668. The summed E-state index contributed by atoms with van der Waals surface area (Å²) in [5.74, 6) is -0.0140. The summed E-state index contributed by atoms with van der Waals surface area (Å²) in [5.41, 5.74) is -0.391. The molecule has 1 rings (SSSR count). The Morgan fingerprint density at radius 1 is 1.17 bits per heavy atom. The maximum Gasteiger partial charge on any atom is 0.0547 e. The van der Waals surface area contributed by atoms with Crippen molar-refractivity contribution in [1.29, 1.82) is 0 Å². The van der Waals surface area contributed by atoms with E-state index < -0.39 is 5.41 Å². The number of rotatable bonds is 5. The van der Waals surface area contributed by atoms with Gasteiger partial charge in [0.2, 0.25) is 0 Å². The average Bonchev–Trinajstić information content (AvgIpc) is 2.73. The molecule has 3 N–H and O–H groups in total. The molecule has 0 radical (unpaired) electrons. The van der Waals surface area contributed by atoms with Gasteiger partial charge in [-0.15, -0.1) is 0 Å². The second-order valence-electron chi connectivity index (χ2n) is 3.40. The Hall–Kier alpha value is -0.160. The van der Waals surface area contributed by atoms with Gasteiger partial charge in [-0.1, -0.05) is 0 Å². The maximum absolute atomic E-state index is 9.09. The normalized spacial score (nSPS) is 40.0. The first-order chi connectivity index (χ1) is 5.76. The summed E-state index contributed by atoms with van der Waals surface area (Å²) in [5, 5.41) is 26.9. The van der Waals surface area contributed by atoms with E-state index in [1.54, 1.807) is 7.11 Å². The topological polar surface area (TPSA) is 69.9 Å². The molecule has 4 nitrogen and oxygen atoms in total. The third-order valence-electron chi connectivity index (χ3n) is 2.95. The molecule has 3 atom stereocenters. The fourth-order valence-electron chi connectivity index (χ4n) is 2.05. The summed E-state index contributed by atoms with van der Waals surface area (Å²) in [4.78, 5) is 0. The highest BCUT2D eigenvalue weighted by molar-refractivity contribution is 5.09. The summed E-state index contributed by atoms with van der Waals surface area (Å²) >= 11 is 0. The van der Waals surface area contributed by atoms with Crippen molar-refractivity contribution in [3.05, 3.63) is 0 Å². The Labute approximate surface area is 71.8 Å². The smallest absolute Gasteiger partial charge is 0.0547 e. The number of aliphatic hydroxyl groups excluding tert-OH is 3. The summed E-state index contributed by atoms with van der Waals surface area (Å²) in [7, 11) is 1.55. The first kappa shape index (κ1) is 9.92. The molecule has 0 amide bonds. The van der Waals surface area contributed by atoms with Gasteiger partial charge in [0.05, 0.1) is 13.2 Å². The monoisotopic (exact) mass is 176 g/mol. The lowest BCUT2D eigenvalue weighted by Gasteiger charge is -2.12. The highest BCUT2D eigenvalue weighted by Gasteiger charge is 2.63. The molecule has 0 aromatic carbocycles. The van der Waals surface area contributed by atoms with E-state index in [9.17, 15) is 0 Å². The highest BCUT2D eigenvalue weighted by atomic mass is 16.5. The highest BCUT2D eigenvalue weighted by Crippen LogP contribution is 2.57. The van der Waals surface area contributed by atoms with E-state index in [1.165, 1.54) is 0 Å².